The fourth-order valence-corrected chi connectivity index (χ4v) is 3.98. The number of hydrogen-bond acceptors (Lipinski definition) is 3. The maximum absolute atomic E-state index is 12.3. The second-order valence-corrected chi connectivity index (χ2v) is 6.63. The molecule has 0 bridgehead atoms. The number of nitrogens with one attached hydrogen (secondary N) is 1. The highest BCUT2D eigenvalue weighted by Gasteiger charge is 2.19. The van der Waals surface area contributed by atoms with Gasteiger partial charge in [-0.3, -0.25) is 0 Å². The molecule has 3 nitrogen and oxygen atoms in total. The van der Waals surface area contributed by atoms with Crippen LogP contribution in [-0.2, 0) is 10.0 Å². The predicted octanol–water partition coefficient (Wildman–Crippen LogP) is 3.10. The molecule has 1 unspecified atom stereocenters. The van der Waals surface area contributed by atoms with Crippen LogP contribution in [0.1, 0.15) is 24.1 Å². The van der Waals surface area contributed by atoms with Gasteiger partial charge in [0.1, 0.15) is 0 Å². The third kappa shape index (κ3) is 2.80. The Morgan fingerprint density at radius 1 is 1.22 bits per heavy atom. The first-order valence-corrected chi connectivity index (χ1v) is 8.03. The van der Waals surface area contributed by atoms with E-state index in [1.54, 1.807) is 36.5 Å². The van der Waals surface area contributed by atoms with Gasteiger partial charge in [-0.05, 0) is 47.9 Å². The topological polar surface area (TPSA) is 46.2 Å². The Labute approximate surface area is 112 Å². The molecule has 0 aliphatic rings. The van der Waals surface area contributed by atoms with Gasteiger partial charge in [-0.2, -0.15) is 11.3 Å². The van der Waals surface area contributed by atoms with Crippen molar-refractivity contribution in [2.24, 2.45) is 0 Å². The first kappa shape index (κ1) is 13.3. The van der Waals surface area contributed by atoms with Crippen molar-refractivity contribution in [1.29, 1.82) is 0 Å². The van der Waals surface area contributed by atoms with Crippen LogP contribution in [0.15, 0.2) is 46.0 Å². The number of thiophene rings is 1. The molecule has 1 N–H and O–H groups in total. The number of rotatable bonds is 4. The van der Waals surface area contributed by atoms with Gasteiger partial charge in [0.2, 0.25) is 10.0 Å². The van der Waals surface area contributed by atoms with Gasteiger partial charge in [0, 0.05) is 6.04 Å². The second-order valence-electron chi connectivity index (χ2n) is 4.17. The van der Waals surface area contributed by atoms with Crippen molar-refractivity contribution in [3.8, 4) is 0 Å². The average Bonchev–Trinajstić information content (AvgIpc) is 2.82. The van der Waals surface area contributed by atoms with Gasteiger partial charge >= 0.3 is 0 Å². The van der Waals surface area contributed by atoms with Gasteiger partial charge in [-0.1, -0.05) is 18.2 Å². The van der Waals surface area contributed by atoms with Crippen LogP contribution in [0.5, 0.6) is 0 Å². The molecule has 0 amide bonds. The molecule has 0 radical (unpaired) electrons. The molecule has 2 aromatic rings. The van der Waals surface area contributed by atoms with Crippen molar-refractivity contribution < 1.29 is 8.42 Å². The average molecular weight is 281 g/mol. The first-order valence-electron chi connectivity index (χ1n) is 5.61. The molecular weight excluding hydrogens is 266 g/mol. The van der Waals surface area contributed by atoms with Gasteiger partial charge in [0.25, 0.3) is 0 Å². The van der Waals surface area contributed by atoms with Crippen molar-refractivity contribution in [1.82, 2.24) is 4.72 Å². The lowest BCUT2D eigenvalue weighted by atomic mass is 10.2. The largest absolute Gasteiger partial charge is 0.241 e. The van der Waals surface area contributed by atoms with Crippen LogP contribution in [-0.4, -0.2) is 8.42 Å². The standard InChI is InChI=1S/C13H15NO2S2/c1-10-5-3-4-6-13(10)18(15,16)14-11(2)12-7-8-17-9-12/h3-9,11,14H,1-2H3. The van der Waals surface area contributed by atoms with Crippen LogP contribution in [0.25, 0.3) is 0 Å². The van der Waals surface area contributed by atoms with Gasteiger partial charge in [-0.25, -0.2) is 13.1 Å². The van der Waals surface area contributed by atoms with Crippen LogP contribution in [0.3, 0.4) is 0 Å². The Morgan fingerprint density at radius 2 is 1.94 bits per heavy atom. The van der Waals surface area contributed by atoms with Crippen molar-refractivity contribution in [2.45, 2.75) is 24.8 Å². The van der Waals surface area contributed by atoms with E-state index in [0.717, 1.165) is 11.1 Å². The lowest BCUT2D eigenvalue weighted by Gasteiger charge is -2.14. The Kier molecular flexibility index (Phi) is 3.85. The van der Waals surface area contributed by atoms with Crippen LogP contribution in [0, 0.1) is 6.92 Å². The third-order valence-electron chi connectivity index (χ3n) is 2.76. The number of sulfonamides is 1. The monoisotopic (exact) mass is 281 g/mol. The van der Waals surface area contributed by atoms with Gasteiger partial charge in [-0.15, -0.1) is 0 Å². The number of hydrogen-bond donors (Lipinski definition) is 1. The molecule has 1 atom stereocenters. The summed E-state index contributed by atoms with van der Waals surface area (Å²) < 4.78 is 27.2. The van der Waals surface area contributed by atoms with Crippen LogP contribution >= 0.6 is 11.3 Å². The molecule has 0 saturated carbocycles. The molecule has 18 heavy (non-hydrogen) atoms. The van der Waals surface area contributed by atoms with Crippen molar-refractivity contribution >= 4 is 21.4 Å². The highest BCUT2D eigenvalue weighted by molar-refractivity contribution is 7.89. The van der Waals surface area contributed by atoms with E-state index in [0.29, 0.717) is 4.90 Å². The smallest absolute Gasteiger partial charge is 0.207 e. The molecule has 0 fully saturated rings. The van der Waals surface area contributed by atoms with E-state index in [9.17, 15) is 8.42 Å². The van der Waals surface area contributed by atoms with E-state index in [1.807, 2.05) is 29.8 Å². The SMILES string of the molecule is Cc1ccccc1S(=O)(=O)NC(C)c1ccsc1. The Bertz CT molecular complexity index is 618. The van der Waals surface area contributed by atoms with Crippen molar-refractivity contribution in [3.05, 3.63) is 52.2 Å². The summed E-state index contributed by atoms with van der Waals surface area (Å²) >= 11 is 1.56. The zero-order chi connectivity index (χ0) is 13.2. The van der Waals surface area contributed by atoms with Crippen LogP contribution < -0.4 is 4.72 Å². The Balaban J connectivity index is 2.26. The normalized spacial score (nSPS) is 13.4. The molecule has 5 heteroatoms. The van der Waals surface area contributed by atoms with Gasteiger partial charge in [0.15, 0.2) is 0 Å². The summed E-state index contributed by atoms with van der Waals surface area (Å²) in [6, 6.07) is 8.69. The molecule has 1 heterocycles. The summed E-state index contributed by atoms with van der Waals surface area (Å²) in [4.78, 5) is 0.340. The predicted molar refractivity (Wildman–Crippen MR) is 74.2 cm³/mol. The first-order chi connectivity index (χ1) is 8.50. The number of benzene rings is 1. The molecule has 2 rings (SSSR count). The lowest BCUT2D eigenvalue weighted by molar-refractivity contribution is 0.566. The van der Waals surface area contributed by atoms with E-state index in [1.165, 1.54) is 0 Å². The van der Waals surface area contributed by atoms with Crippen LogP contribution in [0.2, 0.25) is 0 Å². The molecular formula is C13H15NO2S2. The van der Waals surface area contributed by atoms with Crippen molar-refractivity contribution in [2.75, 3.05) is 0 Å². The second kappa shape index (κ2) is 5.22. The molecule has 1 aromatic heterocycles. The van der Waals surface area contributed by atoms with Crippen LogP contribution in [0.4, 0.5) is 0 Å². The third-order valence-corrected chi connectivity index (χ3v) is 5.16. The minimum atomic E-state index is -3.46. The summed E-state index contributed by atoms with van der Waals surface area (Å²) in [7, 11) is -3.46. The summed E-state index contributed by atoms with van der Waals surface area (Å²) in [6.07, 6.45) is 0. The van der Waals surface area contributed by atoms with E-state index in [2.05, 4.69) is 4.72 Å². The van der Waals surface area contributed by atoms with E-state index in [-0.39, 0.29) is 6.04 Å². The highest BCUT2D eigenvalue weighted by atomic mass is 32.2. The molecule has 0 spiro atoms. The fourth-order valence-electron chi connectivity index (χ4n) is 1.74. The Hall–Kier alpha value is -1.17. The minimum absolute atomic E-state index is 0.221. The molecule has 0 saturated heterocycles. The zero-order valence-electron chi connectivity index (χ0n) is 10.3. The summed E-state index contributed by atoms with van der Waals surface area (Å²) in [5.74, 6) is 0. The van der Waals surface area contributed by atoms with E-state index in [4.69, 9.17) is 0 Å². The van der Waals surface area contributed by atoms with Gasteiger partial charge < -0.3 is 0 Å². The van der Waals surface area contributed by atoms with E-state index < -0.39 is 10.0 Å². The Morgan fingerprint density at radius 3 is 2.56 bits per heavy atom. The lowest BCUT2D eigenvalue weighted by Crippen LogP contribution is -2.27. The quantitative estimate of drug-likeness (QED) is 0.936. The molecule has 1 aromatic carbocycles. The fraction of sp³-hybridized carbons (Fsp3) is 0.231. The highest BCUT2D eigenvalue weighted by Crippen LogP contribution is 2.20. The minimum Gasteiger partial charge on any atom is -0.207 e. The maximum Gasteiger partial charge on any atom is 0.241 e. The molecule has 96 valence electrons. The van der Waals surface area contributed by atoms with Crippen molar-refractivity contribution in [3.63, 3.8) is 0 Å². The summed E-state index contributed by atoms with van der Waals surface area (Å²) in [5, 5.41) is 3.89. The van der Waals surface area contributed by atoms with Gasteiger partial charge in [0.05, 0.1) is 4.90 Å². The molecule has 0 aliphatic carbocycles. The number of aryl methyl sites for hydroxylation is 1. The summed E-state index contributed by atoms with van der Waals surface area (Å²) in [6.45, 7) is 3.64. The summed E-state index contributed by atoms with van der Waals surface area (Å²) in [5.41, 5.74) is 1.74. The zero-order valence-corrected chi connectivity index (χ0v) is 11.9. The molecule has 0 aliphatic heterocycles. The van der Waals surface area contributed by atoms with E-state index >= 15 is 0 Å². The maximum atomic E-state index is 12.3.